The van der Waals surface area contributed by atoms with Crippen molar-refractivity contribution in [1.82, 2.24) is 24.8 Å². The molecular weight excluding hydrogens is 556 g/mol. The summed E-state index contributed by atoms with van der Waals surface area (Å²) in [5.41, 5.74) is 5.80. The minimum atomic E-state index is -0.229. The molecule has 2 atom stereocenters. The van der Waals surface area contributed by atoms with E-state index in [0.29, 0.717) is 13.2 Å². The molecule has 1 fully saturated rings. The number of anilines is 1. The lowest BCUT2D eigenvalue weighted by Gasteiger charge is -2.32. The van der Waals surface area contributed by atoms with Gasteiger partial charge in [0.1, 0.15) is 18.2 Å². The zero-order chi connectivity index (χ0) is 30.5. The normalized spacial score (nSPS) is 19.0. The van der Waals surface area contributed by atoms with Gasteiger partial charge in [0.2, 0.25) is 0 Å². The van der Waals surface area contributed by atoms with Gasteiger partial charge in [-0.25, -0.2) is 4.79 Å². The molecule has 1 aliphatic carbocycles. The highest BCUT2D eigenvalue weighted by Crippen LogP contribution is 2.39. The molecule has 1 saturated heterocycles. The SMILES string of the molecule is CC(C)(C)c1cc(COCCN2CCOCC2)cc(NC(=O)N[C@H]2CC[C@@H](Oc3ccc4nncn4c3)c3ccccc32)c1. The molecular formula is C34H42N6O4. The molecule has 10 heteroatoms. The summed E-state index contributed by atoms with van der Waals surface area (Å²) in [6.07, 6.45) is 4.97. The molecule has 0 radical (unpaired) electrons. The predicted octanol–water partition coefficient (Wildman–Crippen LogP) is 5.65. The van der Waals surface area contributed by atoms with Crippen LogP contribution in [-0.4, -0.2) is 65.0 Å². The monoisotopic (exact) mass is 598 g/mol. The molecule has 1 aliphatic heterocycles. The minimum absolute atomic E-state index is 0.0764. The molecule has 232 valence electrons. The van der Waals surface area contributed by atoms with E-state index in [2.05, 4.69) is 70.8 Å². The molecule has 10 nitrogen and oxygen atoms in total. The van der Waals surface area contributed by atoms with Crippen LogP contribution < -0.4 is 15.4 Å². The lowest BCUT2D eigenvalue weighted by atomic mass is 9.85. The van der Waals surface area contributed by atoms with Gasteiger partial charge < -0.3 is 24.8 Å². The second-order valence-electron chi connectivity index (χ2n) is 12.6. The number of aromatic nitrogens is 3. The van der Waals surface area contributed by atoms with E-state index in [1.165, 1.54) is 0 Å². The first-order valence-corrected chi connectivity index (χ1v) is 15.5. The topological polar surface area (TPSA) is 102 Å². The fourth-order valence-corrected chi connectivity index (χ4v) is 5.88. The zero-order valence-electron chi connectivity index (χ0n) is 25.8. The minimum Gasteiger partial charge on any atom is -0.484 e. The van der Waals surface area contributed by atoms with Gasteiger partial charge >= 0.3 is 6.03 Å². The van der Waals surface area contributed by atoms with Gasteiger partial charge in [-0.15, -0.1) is 10.2 Å². The number of urea groups is 1. The molecule has 0 bridgehead atoms. The van der Waals surface area contributed by atoms with Crippen LogP contribution in [0.15, 0.2) is 67.1 Å². The van der Waals surface area contributed by atoms with Crippen LogP contribution in [0.2, 0.25) is 0 Å². The number of benzene rings is 2. The molecule has 0 unspecified atom stereocenters. The number of carbonyl (C=O) groups is 1. The zero-order valence-corrected chi connectivity index (χ0v) is 25.8. The van der Waals surface area contributed by atoms with Crippen molar-refractivity contribution in [3.8, 4) is 5.75 Å². The summed E-state index contributed by atoms with van der Waals surface area (Å²) in [5.74, 6) is 0.751. The van der Waals surface area contributed by atoms with E-state index >= 15 is 0 Å². The Balaban J connectivity index is 1.10. The van der Waals surface area contributed by atoms with Crippen molar-refractivity contribution >= 4 is 17.4 Å². The van der Waals surface area contributed by atoms with Crippen LogP contribution in [0.1, 0.15) is 68.0 Å². The van der Waals surface area contributed by atoms with E-state index in [4.69, 9.17) is 14.2 Å². The van der Waals surface area contributed by atoms with Gasteiger partial charge in [-0.2, -0.15) is 0 Å². The largest absolute Gasteiger partial charge is 0.484 e. The van der Waals surface area contributed by atoms with E-state index in [0.717, 1.165) is 85.0 Å². The number of nitrogens with zero attached hydrogens (tertiary/aromatic N) is 4. The maximum Gasteiger partial charge on any atom is 0.319 e. The Labute approximate surface area is 258 Å². The fraction of sp³-hybridized carbons (Fsp3) is 0.441. The second-order valence-corrected chi connectivity index (χ2v) is 12.6. The quantitative estimate of drug-likeness (QED) is 0.240. The molecule has 3 heterocycles. The molecule has 6 rings (SSSR count). The summed E-state index contributed by atoms with van der Waals surface area (Å²) >= 11 is 0. The van der Waals surface area contributed by atoms with Crippen molar-refractivity contribution in [3.63, 3.8) is 0 Å². The van der Waals surface area contributed by atoms with Crippen molar-refractivity contribution in [3.05, 3.63) is 89.4 Å². The van der Waals surface area contributed by atoms with E-state index in [9.17, 15) is 4.79 Å². The number of pyridine rings is 1. The van der Waals surface area contributed by atoms with Crippen molar-refractivity contribution in [1.29, 1.82) is 0 Å². The third-order valence-electron chi connectivity index (χ3n) is 8.32. The van der Waals surface area contributed by atoms with Crippen LogP contribution in [-0.2, 0) is 21.5 Å². The molecule has 2 aromatic carbocycles. The van der Waals surface area contributed by atoms with Gasteiger partial charge in [-0.3, -0.25) is 9.30 Å². The van der Waals surface area contributed by atoms with Crippen molar-refractivity contribution < 1.29 is 19.0 Å². The van der Waals surface area contributed by atoms with Gasteiger partial charge in [-0.05, 0) is 64.8 Å². The first-order chi connectivity index (χ1) is 21.3. The van der Waals surface area contributed by atoms with Crippen molar-refractivity contribution in [2.45, 2.75) is 57.8 Å². The molecule has 0 saturated carbocycles. The van der Waals surface area contributed by atoms with Crippen LogP contribution in [0.3, 0.4) is 0 Å². The Morgan fingerprint density at radius 2 is 1.86 bits per heavy atom. The van der Waals surface area contributed by atoms with Crippen molar-refractivity contribution in [2.75, 3.05) is 44.8 Å². The number of hydrogen-bond donors (Lipinski definition) is 2. The first-order valence-electron chi connectivity index (χ1n) is 15.5. The lowest BCUT2D eigenvalue weighted by molar-refractivity contribution is 0.0180. The number of rotatable bonds is 9. The highest BCUT2D eigenvalue weighted by Gasteiger charge is 2.29. The lowest BCUT2D eigenvalue weighted by Crippen LogP contribution is -2.38. The summed E-state index contributed by atoms with van der Waals surface area (Å²) in [7, 11) is 0. The number of hydrogen-bond acceptors (Lipinski definition) is 7. The van der Waals surface area contributed by atoms with Crippen LogP contribution in [0.25, 0.3) is 5.65 Å². The van der Waals surface area contributed by atoms with Gasteiger partial charge in [0, 0.05) is 25.3 Å². The number of carbonyl (C=O) groups excluding carboxylic acids is 1. The van der Waals surface area contributed by atoms with Crippen LogP contribution in [0.5, 0.6) is 5.75 Å². The Morgan fingerprint density at radius 3 is 2.68 bits per heavy atom. The summed E-state index contributed by atoms with van der Waals surface area (Å²) in [6, 6.07) is 17.9. The molecule has 2 aliphatic rings. The Bertz CT molecular complexity index is 1580. The number of nitrogens with one attached hydrogen (secondary N) is 2. The molecule has 2 N–H and O–H groups in total. The fourth-order valence-electron chi connectivity index (χ4n) is 5.88. The van der Waals surface area contributed by atoms with E-state index in [-0.39, 0.29) is 23.6 Å². The van der Waals surface area contributed by atoms with E-state index in [1.54, 1.807) is 6.33 Å². The number of fused-ring (bicyclic) bond motifs is 2. The highest BCUT2D eigenvalue weighted by molar-refractivity contribution is 5.89. The van der Waals surface area contributed by atoms with Gasteiger partial charge in [-0.1, -0.05) is 51.1 Å². The number of ether oxygens (including phenoxy) is 3. The Hall–Kier alpha value is -3.99. The van der Waals surface area contributed by atoms with Crippen LogP contribution >= 0.6 is 0 Å². The maximum absolute atomic E-state index is 13.4. The third kappa shape index (κ3) is 7.38. The van der Waals surface area contributed by atoms with Crippen LogP contribution in [0, 0.1) is 0 Å². The standard InChI is InChI=1S/C34H42N6O4/c1-34(2,3)25-18-24(22-43-17-14-39-12-15-42-16-13-39)19-26(20-25)36-33(41)37-30-9-10-31(29-7-5-4-6-28(29)30)44-27-8-11-32-38-35-23-40(32)21-27/h4-8,11,18-21,23,30-31H,9-10,12-17,22H2,1-3H3,(H2,36,37,41)/t30-,31+/m0/s1. The summed E-state index contributed by atoms with van der Waals surface area (Å²) < 4.78 is 19.7. The highest BCUT2D eigenvalue weighted by atomic mass is 16.5. The van der Waals surface area contributed by atoms with E-state index < -0.39 is 0 Å². The van der Waals surface area contributed by atoms with Crippen molar-refractivity contribution in [2.24, 2.45) is 0 Å². The average molecular weight is 599 g/mol. The third-order valence-corrected chi connectivity index (χ3v) is 8.32. The maximum atomic E-state index is 13.4. The Morgan fingerprint density at radius 1 is 1.05 bits per heavy atom. The van der Waals surface area contributed by atoms with Gasteiger partial charge in [0.25, 0.3) is 0 Å². The van der Waals surface area contributed by atoms with E-state index in [1.807, 2.05) is 40.9 Å². The number of morpholine rings is 1. The molecule has 44 heavy (non-hydrogen) atoms. The second kappa shape index (κ2) is 13.3. The van der Waals surface area contributed by atoms with Crippen LogP contribution in [0.4, 0.5) is 10.5 Å². The summed E-state index contributed by atoms with van der Waals surface area (Å²) in [6.45, 7) is 12.0. The van der Waals surface area contributed by atoms with Gasteiger partial charge in [0.15, 0.2) is 5.65 Å². The smallest absolute Gasteiger partial charge is 0.319 e. The number of amides is 2. The molecule has 2 amide bonds. The predicted molar refractivity (Wildman–Crippen MR) is 169 cm³/mol. The molecule has 0 spiro atoms. The molecule has 4 aromatic rings. The summed E-state index contributed by atoms with van der Waals surface area (Å²) in [5, 5.41) is 14.3. The molecule has 2 aromatic heterocycles. The summed E-state index contributed by atoms with van der Waals surface area (Å²) in [4.78, 5) is 15.7. The average Bonchev–Trinajstić information content (AvgIpc) is 3.49. The Kier molecular flexibility index (Phi) is 9.11. The first kappa shape index (κ1) is 30.1. The van der Waals surface area contributed by atoms with Gasteiger partial charge in [0.05, 0.1) is 38.7 Å².